The zero-order valence-electron chi connectivity index (χ0n) is 10.3. The molecule has 2 rings (SSSR count). The Balaban J connectivity index is 1.69. The van der Waals surface area contributed by atoms with Gasteiger partial charge in [0.25, 0.3) is 0 Å². The van der Waals surface area contributed by atoms with Crippen molar-refractivity contribution >= 4 is 9.84 Å². The Bertz CT molecular complexity index is 338. The average Bonchev–Trinajstić information content (AvgIpc) is 2.68. The molecule has 1 N–H and O–H groups in total. The minimum absolute atomic E-state index is 0.210. The van der Waals surface area contributed by atoms with Gasteiger partial charge in [-0.25, -0.2) is 8.42 Å². The number of ether oxygens (including phenoxy) is 2. The highest BCUT2D eigenvalue weighted by molar-refractivity contribution is 7.90. The minimum Gasteiger partial charge on any atom is -0.348 e. The van der Waals surface area contributed by atoms with Crippen LogP contribution in [0.2, 0.25) is 0 Å². The molecule has 0 bridgehead atoms. The van der Waals surface area contributed by atoms with Gasteiger partial charge in [-0.15, -0.1) is 0 Å². The molecule has 0 amide bonds. The Morgan fingerprint density at radius 2 is 1.82 bits per heavy atom. The van der Waals surface area contributed by atoms with E-state index in [2.05, 4.69) is 5.32 Å². The van der Waals surface area contributed by atoms with E-state index in [1.165, 1.54) is 6.26 Å². The molecule has 0 unspecified atom stereocenters. The first-order valence-corrected chi connectivity index (χ1v) is 8.24. The van der Waals surface area contributed by atoms with Gasteiger partial charge in [0.1, 0.15) is 9.84 Å². The SMILES string of the molecule is CS(=O)(=O)CCNC1CCC2(CC1)OCCO2. The Kier molecular flexibility index (Phi) is 4.07. The summed E-state index contributed by atoms with van der Waals surface area (Å²) in [5.41, 5.74) is 0. The molecule has 100 valence electrons. The second kappa shape index (κ2) is 5.22. The summed E-state index contributed by atoms with van der Waals surface area (Å²) in [5, 5.41) is 3.29. The molecule has 17 heavy (non-hydrogen) atoms. The third kappa shape index (κ3) is 3.91. The normalized spacial score (nSPS) is 25.5. The zero-order chi connectivity index (χ0) is 12.4. The molecule has 1 spiro atoms. The number of hydrogen-bond acceptors (Lipinski definition) is 5. The maximum Gasteiger partial charge on any atom is 0.168 e. The molecule has 0 radical (unpaired) electrons. The molecule has 6 heteroatoms. The Hall–Kier alpha value is -0.170. The van der Waals surface area contributed by atoms with Gasteiger partial charge in [-0.1, -0.05) is 0 Å². The van der Waals surface area contributed by atoms with Gasteiger partial charge < -0.3 is 14.8 Å². The molecular weight excluding hydrogens is 242 g/mol. The van der Waals surface area contributed by atoms with Gasteiger partial charge >= 0.3 is 0 Å². The van der Waals surface area contributed by atoms with Crippen molar-refractivity contribution in [3.8, 4) is 0 Å². The fourth-order valence-electron chi connectivity index (χ4n) is 2.50. The summed E-state index contributed by atoms with van der Waals surface area (Å²) in [6.45, 7) is 1.94. The summed E-state index contributed by atoms with van der Waals surface area (Å²) in [4.78, 5) is 0. The van der Waals surface area contributed by atoms with Crippen molar-refractivity contribution in [2.75, 3.05) is 31.8 Å². The Morgan fingerprint density at radius 1 is 1.24 bits per heavy atom. The summed E-state index contributed by atoms with van der Waals surface area (Å²) >= 11 is 0. The summed E-state index contributed by atoms with van der Waals surface area (Å²) in [6.07, 6.45) is 5.06. The average molecular weight is 263 g/mol. The van der Waals surface area contributed by atoms with E-state index in [0.717, 1.165) is 25.7 Å². The van der Waals surface area contributed by atoms with Gasteiger partial charge in [-0.2, -0.15) is 0 Å². The van der Waals surface area contributed by atoms with Crippen molar-refractivity contribution in [2.45, 2.75) is 37.5 Å². The highest BCUT2D eigenvalue weighted by atomic mass is 32.2. The third-order valence-corrected chi connectivity index (χ3v) is 4.41. The molecular formula is C11H21NO4S. The van der Waals surface area contributed by atoms with E-state index < -0.39 is 9.84 Å². The van der Waals surface area contributed by atoms with Gasteiger partial charge in [0.2, 0.25) is 0 Å². The number of rotatable bonds is 4. The first-order valence-electron chi connectivity index (χ1n) is 6.18. The van der Waals surface area contributed by atoms with Gasteiger partial charge in [-0.05, 0) is 12.8 Å². The van der Waals surface area contributed by atoms with Crippen LogP contribution in [0.15, 0.2) is 0 Å². The molecule has 2 fully saturated rings. The van der Waals surface area contributed by atoms with E-state index in [4.69, 9.17) is 9.47 Å². The molecule has 1 aliphatic carbocycles. The van der Waals surface area contributed by atoms with Crippen LogP contribution in [0.5, 0.6) is 0 Å². The van der Waals surface area contributed by atoms with Gasteiger partial charge in [0.15, 0.2) is 5.79 Å². The molecule has 1 saturated carbocycles. The monoisotopic (exact) mass is 263 g/mol. The number of sulfone groups is 1. The van der Waals surface area contributed by atoms with E-state index in [0.29, 0.717) is 25.8 Å². The first kappa shape index (κ1) is 13.3. The van der Waals surface area contributed by atoms with Gasteiger partial charge in [0.05, 0.1) is 19.0 Å². The Labute approximate surface area is 103 Å². The lowest BCUT2D eigenvalue weighted by Crippen LogP contribution is -2.43. The quantitative estimate of drug-likeness (QED) is 0.790. The smallest absolute Gasteiger partial charge is 0.168 e. The number of nitrogens with one attached hydrogen (secondary N) is 1. The second-order valence-corrected chi connectivity index (χ2v) is 7.23. The van der Waals surface area contributed by atoms with E-state index in [1.807, 2.05) is 0 Å². The van der Waals surface area contributed by atoms with E-state index in [-0.39, 0.29) is 11.5 Å². The maximum absolute atomic E-state index is 11.0. The highest BCUT2D eigenvalue weighted by Gasteiger charge is 2.40. The molecule has 0 atom stereocenters. The second-order valence-electron chi connectivity index (χ2n) is 4.97. The lowest BCUT2D eigenvalue weighted by molar-refractivity contribution is -0.179. The van der Waals surface area contributed by atoms with Crippen LogP contribution in [0, 0.1) is 0 Å². The molecule has 1 heterocycles. The van der Waals surface area contributed by atoms with E-state index in [9.17, 15) is 8.42 Å². The van der Waals surface area contributed by atoms with Crippen LogP contribution in [-0.2, 0) is 19.3 Å². The van der Waals surface area contributed by atoms with Crippen molar-refractivity contribution in [1.29, 1.82) is 0 Å². The predicted octanol–water partition coefficient (Wildman–Crippen LogP) is 0.306. The third-order valence-electron chi connectivity index (χ3n) is 3.47. The fraction of sp³-hybridized carbons (Fsp3) is 1.00. The Morgan fingerprint density at radius 3 is 2.35 bits per heavy atom. The van der Waals surface area contributed by atoms with Crippen molar-refractivity contribution in [3.05, 3.63) is 0 Å². The largest absolute Gasteiger partial charge is 0.348 e. The predicted molar refractivity (Wildman–Crippen MR) is 64.6 cm³/mol. The molecule has 0 aromatic rings. The summed E-state index contributed by atoms with van der Waals surface area (Å²) in [6, 6.07) is 0.398. The van der Waals surface area contributed by atoms with Crippen LogP contribution < -0.4 is 5.32 Å². The minimum atomic E-state index is -2.86. The van der Waals surface area contributed by atoms with Gasteiger partial charge in [0, 0.05) is 31.7 Å². The molecule has 1 aliphatic heterocycles. The number of hydrogen-bond donors (Lipinski definition) is 1. The lowest BCUT2D eigenvalue weighted by atomic mass is 9.90. The first-order chi connectivity index (χ1) is 7.99. The summed E-state index contributed by atoms with van der Waals surface area (Å²) < 4.78 is 33.3. The summed E-state index contributed by atoms with van der Waals surface area (Å²) in [7, 11) is -2.86. The van der Waals surface area contributed by atoms with Crippen molar-refractivity contribution in [1.82, 2.24) is 5.32 Å². The summed E-state index contributed by atoms with van der Waals surface area (Å²) in [5.74, 6) is -0.114. The van der Waals surface area contributed by atoms with Crippen LogP contribution in [0.1, 0.15) is 25.7 Å². The highest BCUT2D eigenvalue weighted by Crippen LogP contribution is 2.35. The van der Waals surface area contributed by atoms with Crippen LogP contribution >= 0.6 is 0 Å². The molecule has 0 aromatic heterocycles. The van der Waals surface area contributed by atoms with E-state index in [1.54, 1.807) is 0 Å². The molecule has 1 saturated heterocycles. The van der Waals surface area contributed by atoms with Crippen LogP contribution in [0.4, 0.5) is 0 Å². The van der Waals surface area contributed by atoms with Crippen LogP contribution in [0.3, 0.4) is 0 Å². The van der Waals surface area contributed by atoms with E-state index >= 15 is 0 Å². The van der Waals surface area contributed by atoms with Crippen LogP contribution in [-0.4, -0.2) is 52.0 Å². The molecule has 5 nitrogen and oxygen atoms in total. The maximum atomic E-state index is 11.0. The van der Waals surface area contributed by atoms with Gasteiger partial charge in [-0.3, -0.25) is 0 Å². The zero-order valence-corrected chi connectivity index (χ0v) is 11.1. The van der Waals surface area contributed by atoms with Crippen molar-refractivity contribution < 1.29 is 17.9 Å². The fourth-order valence-corrected chi connectivity index (χ4v) is 2.98. The molecule has 0 aromatic carbocycles. The van der Waals surface area contributed by atoms with Crippen molar-refractivity contribution in [2.24, 2.45) is 0 Å². The standard InChI is InChI=1S/C11H21NO4S/c1-17(13,14)9-6-12-10-2-4-11(5-3-10)15-7-8-16-11/h10,12H,2-9H2,1H3. The van der Waals surface area contributed by atoms with Crippen LogP contribution in [0.25, 0.3) is 0 Å². The lowest BCUT2D eigenvalue weighted by Gasteiger charge is -2.35. The van der Waals surface area contributed by atoms with Crippen molar-refractivity contribution in [3.63, 3.8) is 0 Å². The molecule has 2 aliphatic rings. The topological polar surface area (TPSA) is 64.6 Å².